The van der Waals surface area contributed by atoms with E-state index in [1.807, 2.05) is 18.3 Å². The SMILES string of the molecule is Oc1ccc(CN2CCc3nc(-c4cccnc4)ncc3C2)c(O)c1O. The van der Waals surface area contributed by atoms with Crippen molar-refractivity contribution in [1.29, 1.82) is 0 Å². The van der Waals surface area contributed by atoms with Gasteiger partial charge >= 0.3 is 0 Å². The van der Waals surface area contributed by atoms with Crippen molar-refractivity contribution in [3.05, 3.63) is 59.7 Å². The van der Waals surface area contributed by atoms with Crippen molar-refractivity contribution >= 4 is 0 Å². The molecule has 0 atom stereocenters. The van der Waals surface area contributed by atoms with Crippen LogP contribution in [0, 0.1) is 0 Å². The number of nitrogens with zero attached hydrogens (tertiary/aromatic N) is 4. The van der Waals surface area contributed by atoms with Gasteiger partial charge in [-0.1, -0.05) is 6.07 Å². The number of aromatic hydroxyl groups is 3. The molecule has 2 aromatic heterocycles. The van der Waals surface area contributed by atoms with Gasteiger partial charge in [-0.2, -0.15) is 0 Å². The Kier molecular flexibility index (Phi) is 4.14. The predicted octanol–water partition coefficient (Wildman–Crippen LogP) is 2.21. The minimum Gasteiger partial charge on any atom is -0.504 e. The van der Waals surface area contributed by atoms with Gasteiger partial charge in [0.2, 0.25) is 5.75 Å². The molecule has 0 saturated heterocycles. The van der Waals surface area contributed by atoms with Gasteiger partial charge in [0, 0.05) is 61.3 Å². The van der Waals surface area contributed by atoms with Crippen LogP contribution in [0.15, 0.2) is 42.9 Å². The molecule has 1 aliphatic heterocycles. The zero-order valence-corrected chi connectivity index (χ0v) is 14.0. The van der Waals surface area contributed by atoms with Crippen molar-refractivity contribution in [2.24, 2.45) is 0 Å². The molecule has 0 bridgehead atoms. The highest BCUT2D eigenvalue weighted by molar-refractivity contribution is 5.54. The molecule has 3 aromatic rings. The van der Waals surface area contributed by atoms with Crippen LogP contribution >= 0.6 is 0 Å². The van der Waals surface area contributed by atoms with Crippen LogP contribution in [0.1, 0.15) is 16.8 Å². The van der Waals surface area contributed by atoms with E-state index >= 15 is 0 Å². The summed E-state index contributed by atoms with van der Waals surface area (Å²) >= 11 is 0. The second kappa shape index (κ2) is 6.61. The Hall–Kier alpha value is -3.19. The van der Waals surface area contributed by atoms with E-state index in [9.17, 15) is 15.3 Å². The highest BCUT2D eigenvalue weighted by atomic mass is 16.3. The van der Waals surface area contributed by atoms with Gasteiger partial charge in [0.15, 0.2) is 17.3 Å². The number of aromatic nitrogens is 3. The smallest absolute Gasteiger partial charge is 0.200 e. The fraction of sp³-hybridized carbons (Fsp3) is 0.211. The van der Waals surface area contributed by atoms with Crippen molar-refractivity contribution in [3.63, 3.8) is 0 Å². The van der Waals surface area contributed by atoms with Gasteiger partial charge in [0.05, 0.1) is 5.69 Å². The number of pyridine rings is 1. The summed E-state index contributed by atoms with van der Waals surface area (Å²) in [5.74, 6) is -0.415. The standard InChI is InChI=1S/C19H18N4O3/c24-16-4-3-13(17(25)18(16)26)10-23-7-5-15-14(11-23)9-21-19(22-15)12-2-1-6-20-8-12/h1-4,6,8-9,24-26H,5,7,10-11H2. The van der Waals surface area contributed by atoms with Gasteiger partial charge in [-0.15, -0.1) is 0 Å². The molecule has 4 rings (SSSR count). The number of phenols is 3. The average molecular weight is 350 g/mol. The van der Waals surface area contributed by atoms with E-state index < -0.39 is 5.75 Å². The summed E-state index contributed by atoms with van der Waals surface area (Å²) in [5.41, 5.74) is 3.53. The molecule has 0 saturated carbocycles. The monoisotopic (exact) mass is 350 g/mol. The Morgan fingerprint density at radius 2 is 1.92 bits per heavy atom. The normalized spacial score (nSPS) is 14.2. The molecule has 7 heteroatoms. The topological polar surface area (TPSA) is 103 Å². The maximum Gasteiger partial charge on any atom is 0.200 e. The number of hydrogen-bond acceptors (Lipinski definition) is 7. The summed E-state index contributed by atoms with van der Waals surface area (Å²) in [6.07, 6.45) is 6.08. The molecule has 0 aliphatic carbocycles. The molecule has 0 radical (unpaired) electrons. The Morgan fingerprint density at radius 3 is 2.73 bits per heavy atom. The van der Waals surface area contributed by atoms with E-state index in [0.29, 0.717) is 24.5 Å². The lowest BCUT2D eigenvalue weighted by Gasteiger charge is -2.28. The van der Waals surface area contributed by atoms with Gasteiger partial charge in [-0.05, 0) is 18.2 Å². The molecule has 26 heavy (non-hydrogen) atoms. The largest absolute Gasteiger partial charge is 0.504 e. The van der Waals surface area contributed by atoms with Gasteiger partial charge in [0.1, 0.15) is 0 Å². The third kappa shape index (κ3) is 3.04. The molecule has 0 unspecified atom stereocenters. The van der Waals surface area contributed by atoms with E-state index in [1.54, 1.807) is 18.5 Å². The van der Waals surface area contributed by atoms with Gasteiger partial charge < -0.3 is 15.3 Å². The number of benzene rings is 1. The maximum absolute atomic E-state index is 10.00. The van der Waals surface area contributed by atoms with Crippen LogP contribution in [0.5, 0.6) is 17.2 Å². The summed E-state index contributed by atoms with van der Waals surface area (Å²) in [7, 11) is 0. The zero-order chi connectivity index (χ0) is 18.1. The number of fused-ring (bicyclic) bond motifs is 1. The third-order valence-electron chi connectivity index (χ3n) is 4.54. The van der Waals surface area contributed by atoms with Gasteiger partial charge in [-0.25, -0.2) is 9.97 Å². The first kappa shape index (κ1) is 16.3. The lowest BCUT2D eigenvalue weighted by molar-refractivity contribution is 0.238. The van der Waals surface area contributed by atoms with Crippen molar-refractivity contribution in [2.45, 2.75) is 19.5 Å². The molecule has 0 amide bonds. The summed E-state index contributed by atoms with van der Waals surface area (Å²) in [4.78, 5) is 15.4. The summed E-state index contributed by atoms with van der Waals surface area (Å²) in [6, 6.07) is 6.79. The first-order valence-electron chi connectivity index (χ1n) is 8.32. The van der Waals surface area contributed by atoms with Crippen LogP contribution < -0.4 is 0 Å². The first-order valence-corrected chi connectivity index (χ1v) is 8.32. The Morgan fingerprint density at radius 1 is 1.04 bits per heavy atom. The maximum atomic E-state index is 10.00. The fourth-order valence-corrected chi connectivity index (χ4v) is 3.12. The molecule has 0 spiro atoms. The number of phenolic OH excluding ortho intramolecular Hbond substituents is 3. The lowest BCUT2D eigenvalue weighted by atomic mass is 10.1. The van der Waals surface area contributed by atoms with Gasteiger partial charge in [-0.3, -0.25) is 9.88 Å². The van der Waals surface area contributed by atoms with Crippen molar-refractivity contribution in [3.8, 4) is 28.6 Å². The molecule has 0 fully saturated rings. The molecule has 1 aliphatic rings. The Bertz CT molecular complexity index is 947. The number of rotatable bonds is 3. The molecule has 3 N–H and O–H groups in total. The third-order valence-corrected chi connectivity index (χ3v) is 4.54. The molecule has 1 aromatic carbocycles. The lowest BCUT2D eigenvalue weighted by Crippen LogP contribution is -2.31. The molecule has 3 heterocycles. The van der Waals surface area contributed by atoms with E-state index in [1.165, 1.54) is 6.07 Å². The molecular formula is C19H18N4O3. The van der Waals surface area contributed by atoms with E-state index in [4.69, 9.17) is 0 Å². The van der Waals surface area contributed by atoms with Crippen molar-refractivity contribution < 1.29 is 15.3 Å². The second-order valence-electron chi connectivity index (χ2n) is 6.31. The predicted molar refractivity (Wildman–Crippen MR) is 94.5 cm³/mol. The molecule has 132 valence electrons. The number of hydrogen-bond donors (Lipinski definition) is 3. The van der Waals surface area contributed by atoms with E-state index in [-0.39, 0.29) is 11.5 Å². The zero-order valence-electron chi connectivity index (χ0n) is 14.0. The molecular weight excluding hydrogens is 332 g/mol. The highest BCUT2D eigenvalue weighted by Crippen LogP contribution is 2.37. The van der Waals surface area contributed by atoms with Crippen LogP contribution in [0.4, 0.5) is 0 Å². The van der Waals surface area contributed by atoms with Crippen LogP contribution in [0.25, 0.3) is 11.4 Å². The minimum absolute atomic E-state index is 0.279. The van der Waals surface area contributed by atoms with Crippen LogP contribution in [-0.4, -0.2) is 41.7 Å². The Labute approximate surface area is 150 Å². The summed E-state index contributed by atoms with van der Waals surface area (Å²) < 4.78 is 0. The van der Waals surface area contributed by atoms with E-state index in [0.717, 1.165) is 29.8 Å². The van der Waals surface area contributed by atoms with Gasteiger partial charge in [0.25, 0.3) is 0 Å². The highest BCUT2D eigenvalue weighted by Gasteiger charge is 2.21. The first-order chi connectivity index (χ1) is 12.6. The summed E-state index contributed by atoms with van der Waals surface area (Å²) in [6.45, 7) is 1.89. The van der Waals surface area contributed by atoms with Crippen molar-refractivity contribution in [1.82, 2.24) is 19.9 Å². The van der Waals surface area contributed by atoms with Crippen LogP contribution in [0.3, 0.4) is 0 Å². The van der Waals surface area contributed by atoms with Crippen LogP contribution in [0.2, 0.25) is 0 Å². The average Bonchev–Trinajstić information content (AvgIpc) is 2.69. The summed E-state index contributed by atoms with van der Waals surface area (Å²) in [5, 5.41) is 29.1. The van der Waals surface area contributed by atoms with Crippen LogP contribution in [-0.2, 0) is 19.5 Å². The Balaban J connectivity index is 1.53. The second-order valence-corrected chi connectivity index (χ2v) is 6.31. The van der Waals surface area contributed by atoms with E-state index in [2.05, 4.69) is 19.9 Å². The fourth-order valence-electron chi connectivity index (χ4n) is 3.12. The molecule has 7 nitrogen and oxygen atoms in total. The minimum atomic E-state index is -0.482. The van der Waals surface area contributed by atoms with Crippen molar-refractivity contribution in [2.75, 3.05) is 6.54 Å². The quantitative estimate of drug-likeness (QED) is 0.622.